The number of nitro groups is 1. The Morgan fingerprint density at radius 3 is 3.08 bits per heavy atom. The number of aromatic amines is 1. The lowest BCUT2D eigenvalue weighted by Crippen LogP contribution is -1.86. The van der Waals surface area contributed by atoms with Crippen molar-refractivity contribution in [2.45, 2.75) is 0 Å². The first-order chi connectivity index (χ1) is 6.20. The van der Waals surface area contributed by atoms with Crippen LogP contribution in [0.25, 0.3) is 11.0 Å². The standard InChI is InChI=1S/C7H4ClN3O2/c8-4-1-2-9-7-5(11(12)13)3-10-6(4)7/h1-3,10H. The number of nitrogens with zero attached hydrogens (tertiary/aromatic N) is 2. The molecule has 1 N–H and O–H groups in total. The van der Waals surface area contributed by atoms with Gasteiger partial charge in [0, 0.05) is 6.20 Å². The molecule has 0 fully saturated rings. The van der Waals surface area contributed by atoms with E-state index in [1.54, 1.807) is 6.07 Å². The van der Waals surface area contributed by atoms with Gasteiger partial charge in [-0.2, -0.15) is 0 Å². The predicted molar refractivity (Wildman–Crippen MR) is 47.8 cm³/mol. The number of halogens is 1. The number of nitrogens with one attached hydrogen (secondary N) is 1. The molecule has 13 heavy (non-hydrogen) atoms. The maximum Gasteiger partial charge on any atom is 0.312 e. The molecule has 2 rings (SSSR count). The molecule has 0 aromatic carbocycles. The zero-order valence-corrected chi connectivity index (χ0v) is 7.08. The van der Waals surface area contributed by atoms with Crippen LogP contribution in [0.15, 0.2) is 18.5 Å². The van der Waals surface area contributed by atoms with E-state index in [4.69, 9.17) is 11.6 Å². The Balaban J connectivity index is 2.83. The zero-order valence-electron chi connectivity index (χ0n) is 6.32. The summed E-state index contributed by atoms with van der Waals surface area (Å²) in [5.74, 6) is 0. The Morgan fingerprint density at radius 2 is 2.38 bits per heavy atom. The van der Waals surface area contributed by atoms with Crippen molar-refractivity contribution < 1.29 is 4.92 Å². The van der Waals surface area contributed by atoms with Gasteiger partial charge in [-0.3, -0.25) is 10.1 Å². The fourth-order valence-corrected chi connectivity index (χ4v) is 1.32. The van der Waals surface area contributed by atoms with Crippen LogP contribution in [0.2, 0.25) is 5.02 Å². The normalized spacial score (nSPS) is 10.5. The molecule has 0 saturated carbocycles. The second-order valence-electron chi connectivity index (χ2n) is 2.45. The Labute approximate surface area is 77.5 Å². The van der Waals surface area contributed by atoms with Crippen molar-refractivity contribution in [1.82, 2.24) is 9.97 Å². The van der Waals surface area contributed by atoms with Crippen molar-refractivity contribution >= 4 is 28.3 Å². The SMILES string of the molecule is O=[N+]([O-])c1c[nH]c2c(Cl)ccnc12. The molecule has 0 amide bonds. The van der Waals surface area contributed by atoms with Gasteiger partial charge in [0.2, 0.25) is 0 Å². The number of H-pyrrole nitrogens is 1. The van der Waals surface area contributed by atoms with E-state index in [1.165, 1.54) is 12.4 Å². The van der Waals surface area contributed by atoms with Crippen molar-refractivity contribution in [3.05, 3.63) is 33.6 Å². The molecule has 2 aromatic rings. The fourth-order valence-electron chi connectivity index (χ4n) is 1.12. The van der Waals surface area contributed by atoms with Crippen LogP contribution in [0, 0.1) is 10.1 Å². The molecular weight excluding hydrogens is 194 g/mol. The van der Waals surface area contributed by atoms with Gasteiger partial charge in [-0.05, 0) is 6.07 Å². The average molecular weight is 198 g/mol. The summed E-state index contributed by atoms with van der Waals surface area (Å²) in [5, 5.41) is 10.9. The Bertz CT molecular complexity index is 480. The van der Waals surface area contributed by atoms with Gasteiger partial charge in [0.15, 0.2) is 5.52 Å². The molecule has 2 heterocycles. The predicted octanol–water partition coefficient (Wildman–Crippen LogP) is 2.12. The van der Waals surface area contributed by atoms with Crippen LogP contribution in [0.5, 0.6) is 0 Å². The third-order valence-corrected chi connectivity index (χ3v) is 2.01. The van der Waals surface area contributed by atoms with Crippen LogP contribution in [-0.4, -0.2) is 14.9 Å². The first-order valence-corrected chi connectivity index (χ1v) is 3.84. The van der Waals surface area contributed by atoms with Crippen LogP contribution in [0.1, 0.15) is 0 Å². The highest BCUT2D eigenvalue weighted by Crippen LogP contribution is 2.27. The van der Waals surface area contributed by atoms with Gasteiger partial charge in [-0.1, -0.05) is 11.6 Å². The number of rotatable bonds is 1. The van der Waals surface area contributed by atoms with Gasteiger partial charge in [-0.15, -0.1) is 0 Å². The largest absolute Gasteiger partial charge is 0.353 e. The van der Waals surface area contributed by atoms with Crippen LogP contribution >= 0.6 is 11.6 Å². The first-order valence-electron chi connectivity index (χ1n) is 3.46. The molecular formula is C7H4ClN3O2. The summed E-state index contributed by atoms with van der Waals surface area (Å²) in [7, 11) is 0. The lowest BCUT2D eigenvalue weighted by Gasteiger charge is -1.90. The molecule has 0 aliphatic rings. The van der Waals surface area contributed by atoms with E-state index in [9.17, 15) is 10.1 Å². The van der Waals surface area contributed by atoms with E-state index < -0.39 is 4.92 Å². The van der Waals surface area contributed by atoms with Crippen molar-refractivity contribution in [3.63, 3.8) is 0 Å². The van der Waals surface area contributed by atoms with E-state index in [1.807, 2.05) is 0 Å². The van der Waals surface area contributed by atoms with Crippen molar-refractivity contribution in [1.29, 1.82) is 0 Å². The van der Waals surface area contributed by atoms with E-state index in [0.29, 0.717) is 10.5 Å². The van der Waals surface area contributed by atoms with Crippen LogP contribution in [0.3, 0.4) is 0 Å². The maximum absolute atomic E-state index is 10.5. The second kappa shape index (κ2) is 2.70. The molecule has 5 nitrogen and oxygen atoms in total. The molecule has 0 aliphatic carbocycles. The van der Waals surface area contributed by atoms with E-state index in [2.05, 4.69) is 9.97 Å². The molecule has 2 aromatic heterocycles. The van der Waals surface area contributed by atoms with Crippen LogP contribution in [-0.2, 0) is 0 Å². The summed E-state index contributed by atoms with van der Waals surface area (Å²) >= 11 is 5.78. The van der Waals surface area contributed by atoms with Gasteiger partial charge in [0.05, 0.1) is 21.7 Å². The van der Waals surface area contributed by atoms with Crippen molar-refractivity contribution in [2.24, 2.45) is 0 Å². The smallest absolute Gasteiger partial charge is 0.312 e. The van der Waals surface area contributed by atoms with Gasteiger partial charge in [0.1, 0.15) is 0 Å². The Kier molecular flexibility index (Phi) is 1.66. The average Bonchev–Trinajstić information content (AvgIpc) is 2.48. The monoisotopic (exact) mass is 197 g/mol. The highest BCUT2D eigenvalue weighted by Gasteiger charge is 2.16. The minimum absolute atomic E-state index is 0.0579. The van der Waals surface area contributed by atoms with E-state index in [-0.39, 0.29) is 11.2 Å². The quantitative estimate of drug-likeness (QED) is 0.562. The second-order valence-corrected chi connectivity index (χ2v) is 2.85. The third-order valence-electron chi connectivity index (χ3n) is 1.69. The lowest BCUT2D eigenvalue weighted by atomic mass is 10.3. The van der Waals surface area contributed by atoms with Crippen LogP contribution in [0.4, 0.5) is 5.69 Å². The first kappa shape index (κ1) is 8.00. The van der Waals surface area contributed by atoms with E-state index >= 15 is 0 Å². The molecule has 0 radical (unpaired) electrons. The third kappa shape index (κ3) is 1.13. The van der Waals surface area contributed by atoms with Crippen molar-refractivity contribution in [2.75, 3.05) is 0 Å². The summed E-state index contributed by atoms with van der Waals surface area (Å²) < 4.78 is 0. The minimum atomic E-state index is -0.498. The minimum Gasteiger partial charge on any atom is -0.353 e. The number of fused-ring (bicyclic) bond motifs is 1. The summed E-state index contributed by atoms with van der Waals surface area (Å²) in [6.45, 7) is 0. The van der Waals surface area contributed by atoms with Gasteiger partial charge < -0.3 is 4.98 Å². The summed E-state index contributed by atoms with van der Waals surface area (Å²) in [6, 6.07) is 1.57. The maximum atomic E-state index is 10.5. The molecule has 0 saturated heterocycles. The Hall–Kier alpha value is -1.62. The Morgan fingerprint density at radius 1 is 1.62 bits per heavy atom. The number of hydrogen-bond acceptors (Lipinski definition) is 3. The molecule has 0 bridgehead atoms. The highest BCUT2D eigenvalue weighted by molar-refractivity contribution is 6.35. The van der Waals surface area contributed by atoms with Crippen LogP contribution < -0.4 is 0 Å². The number of pyridine rings is 1. The molecule has 0 unspecified atom stereocenters. The van der Waals surface area contributed by atoms with Gasteiger partial charge in [-0.25, -0.2) is 4.98 Å². The van der Waals surface area contributed by atoms with E-state index in [0.717, 1.165) is 0 Å². The van der Waals surface area contributed by atoms with Gasteiger partial charge >= 0.3 is 5.69 Å². The summed E-state index contributed by atoms with van der Waals surface area (Å²) in [4.78, 5) is 16.6. The highest BCUT2D eigenvalue weighted by atomic mass is 35.5. The van der Waals surface area contributed by atoms with Crippen molar-refractivity contribution in [3.8, 4) is 0 Å². The molecule has 6 heteroatoms. The fraction of sp³-hybridized carbons (Fsp3) is 0. The summed E-state index contributed by atoms with van der Waals surface area (Å²) in [6.07, 6.45) is 2.72. The number of hydrogen-bond donors (Lipinski definition) is 1. The molecule has 0 aliphatic heterocycles. The molecule has 66 valence electrons. The lowest BCUT2D eigenvalue weighted by molar-refractivity contribution is -0.383. The summed E-state index contributed by atoms with van der Waals surface area (Å²) in [5.41, 5.74) is 0.728. The van der Waals surface area contributed by atoms with Gasteiger partial charge in [0.25, 0.3) is 0 Å². The zero-order chi connectivity index (χ0) is 9.42. The molecule has 0 atom stereocenters. The number of aromatic nitrogens is 2. The molecule has 0 spiro atoms. The topological polar surface area (TPSA) is 71.8 Å².